The molecule has 2 aromatic rings. The molecular formula is C23H29FN2O2. The maximum absolute atomic E-state index is 12.4. The summed E-state index contributed by atoms with van der Waals surface area (Å²) in [6.07, 6.45) is 9.62. The van der Waals surface area contributed by atoms with Crippen molar-refractivity contribution in [3.05, 3.63) is 52.9 Å². The molecule has 4 nitrogen and oxygen atoms in total. The van der Waals surface area contributed by atoms with Crippen LogP contribution in [-0.2, 0) is 6.54 Å². The predicted molar refractivity (Wildman–Crippen MR) is 110 cm³/mol. The van der Waals surface area contributed by atoms with E-state index in [4.69, 9.17) is 4.74 Å². The number of hydrogen-bond acceptors (Lipinski definition) is 3. The van der Waals surface area contributed by atoms with Crippen LogP contribution in [0.25, 0.3) is 11.1 Å². The lowest BCUT2D eigenvalue weighted by atomic mass is 10.0. The average molecular weight is 384 g/mol. The lowest BCUT2D eigenvalue weighted by Crippen LogP contribution is -2.43. The van der Waals surface area contributed by atoms with Gasteiger partial charge in [0.15, 0.2) is 0 Å². The van der Waals surface area contributed by atoms with Crippen LogP contribution in [-0.4, -0.2) is 41.4 Å². The molecule has 0 spiro atoms. The van der Waals surface area contributed by atoms with E-state index in [1.54, 1.807) is 12.3 Å². The number of aryl methyl sites for hydroxylation is 1. The number of piperidine rings is 1. The van der Waals surface area contributed by atoms with Crippen LogP contribution in [0.1, 0.15) is 38.5 Å². The Hall–Kier alpha value is -2.14. The molecule has 4 rings (SSSR count). The van der Waals surface area contributed by atoms with Gasteiger partial charge in [0.2, 0.25) is 0 Å². The number of pyridine rings is 1. The van der Waals surface area contributed by atoms with Crippen LogP contribution >= 0.6 is 0 Å². The number of rotatable bonds is 6. The number of nitrogens with zero attached hydrogens (tertiary/aromatic N) is 2. The molecule has 0 atom stereocenters. The highest BCUT2D eigenvalue weighted by Crippen LogP contribution is 2.28. The van der Waals surface area contributed by atoms with Crippen molar-refractivity contribution in [3.63, 3.8) is 0 Å². The molecule has 2 aliphatic rings. The van der Waals surface area contributed by atoms with Crippen LogP contribution in [0.3, 0.4) is 0 Å². The largest absolute Gasteiger partial charge is 0.490 e. The van der Waals surface area contributed by atoms with E-state index in [9.17, 15) is 9.18 Å². The van der Waals surface area contributed by atoms with Gasteiger partial charge in [-0.25, -0.2) is 4.39 Å². The molecule has 1 aliphatic carbocycles. The van der Waals surface area contributed by atoms with Gasteiger partial charge in [-0.3, -0.25) is 4.79 Å². The van der Waals surface area contributed by atoms with Gasteiger partial charge >= 0.3 is 0 Å². The Kier molecular flexibility index (Phi) is 6.10. The van der Waals surface area contributed by atoms with Crippen molar-refractivity contribution in [3.8, 4) is 16.9 Å². The maximum atomic E-state index is 12.4. The SMILES string of the molecule is O=c1cc(-c2ccc(OC3CCN(C4CCCC4)CC3)cc2)ccn1CCF. The fraction of sp³-hybridized carbons (Fsp3) is 0.522. The van der Waals surface area contributed by atoms with E-state index in [0.717, 1.165) is 48.8 Å². The lowest BCUT2D eigenvalue weighted by molar-refractivity contribution is 0.0768. The zero-order chi connectivity index (χ0) is 19.3. The minimum atomic E-state index is -0.537. The van der Waals surface area contributed by atoms with Gasteiger partial charge in [0.25, 0.3) is 5.56 Å². The Labute approximate surface area is 165 Å². The predicted octanol–water partition coefficient (Wildman–Crippen LogP) is 4.27. The first kappa shape index (κ1) is 19.2. The topological polar surface area (TPSA) is 34.5 Å². The zero-order valence-corrected chi connectivity index (χ0v) is 16.4. The van der Waals surface area contributed by atoms with Crippen molar-refractivity contribution in [1.29, 1.82) is 0 Å². The van der Waals surface area contributed by atoms with Crippen LogP contribution in [0.2, 0.25) is 0 Å². The van der Waals surface area contributed by atoms with Gasteiger partial charge in [0.05, 0.1) is 6.54 Å². The number of aromatic nitrogens is 1. The molecule has 5 heteroatoms. The first-order chi connectivity index (χ1) is 13.7. The number of likely N-dealkylation sites (tertiary alicyclic amines) is 1. The Bertz CT molecular complexity index is 819. The van der Waals surface area contributed by atoms with Crippen molar-refractivity contribution in [2.24, 2.45) is 0 Å². The normalized spacial score (nSPS) is 19.2. The maximum Gasteiger partial charge on any atom is 0.251 e. The summed E-state index contributed by atoms with van der Waals surface area (Å²) in [5.74, 6) is 0.883. The van der Waals surface area contributed by atoms with E-state index in [1.807, 2.05) is 30.3 Å². The summed E-state index contributed by atoms with van der Waals surface area (Å²) >= 11 is 0. The molecule has 0 bridgehead atoms. The Morgan fingerprint density at radius 3 is 2.32 bits per heavy atom. The van der Waals surface area contributed by atoms with Gasteiger partial charge in [0, 0.05) is 31.4 Å². The Morgan fingerprint density at radius 2 is 1.68 bits per heavy atom. The second-order valence-electron chi connectivity index (χ2n) is 7.95. The zero-order valence-electron chi connectivity index (χ0n) is 16.4. The van der Waals surface area contributed by atoms with E-state index >= 15 is 0 Å². The minimum Gasteiger partial charge on any atom is -0.490 e. The summed E-state index contributed by atoms with van der Waals surface area (Å²) < 4.78 is 20.0. The quantitative estimate of drug-likeness (QED) is 0.746. The average Bonchev–Trinajstić information content (AvgIpc) is 3.26. The number of alkyl halides is 1. The van der Waals surface area contributed by atoms with Crippen LogP contribution in [0.15, 0.2) is 47.4 Å². The fourth-order valence-electron chi connectivity index (χ4n) is 4.51. The van der Waals surface area contributed by atoms with Crippen LogP contribution in [0, 0.1) is 0 Å². The molecule has 150 valence electrons. The molecule has 1 aliphatic heterocycles. The number of halogens is 1. The molecule has 0 radical (unpaired) electrons. The fourth-order valence-corrected chi connectivity index (χ4v) is 4.51. The third-order valence-corrected chi connectivity index (χ3v) is 6.13. The monoisotopic (exact) mass is 384 g/mol. The van der Waals surface area contributed by atoms with Crippen molar-refractivity contribution < 1.29 is 9.13 Å². The third-order valence-electron chi connectivity index (χ3n) is 6.13. The van der Waals surface area contributed by atoms with Gasteiger partial charge in [-0.05, 0) is 55.0 Å². The molecule has 1 saturated heterocycles. The highest BCUT2D eigenvalue weighted by Gasteiger charge is 2.27. The standard InChI is InChI=1S/C23H29FN2O2/c24-12-16-26-13-9-19(17-23(26)27)18-5-7-21(8-6-18)28-22-10-14-25(15-11-22)20-3-1-2-4-20/h5-9,13,17,20,22H,1-4,10-12,14-16H2. The summed E-state index contributed by atoms with van der Waals surface area (Å²) in [6, 6.07) is 12.1. The molecular weight excluding hydrogens is 355 g/mol. The van der Waals surface area contributed by atoms with Gasteiger partial charge < -0.3 is 14.2 Å². The molecule has 0 amide bonds. The van der Waals surface area contributed by atoms with Crippen molar-refractivity contribution in [2.75, 3.05) is 19.8 Å². The van der Waals surface area contributed by atoms with Crippen LogP contribution in [0.4, 0.5) is 4.39 Å². The third kappa shape index (κ3) is 4.46. The summed E-state index contributed by atoms with van der Waals surface area (Å²) in [6.45, 7) is 1.85. The Morgan fingerprint density at radius 1 is 0.964 bits per heavy atom. The molecule has 1 saturated carbocycles. The smallest absolute Gasteiger partial charge is 0.251 e. The minimum absolute atomic E-state index is 0.103. The number of ether oxygens (including phenoxy) is 1. The first-order valence-corrected chi connectivity index (χ1v) is 10.5. The molecule has 0 N–H and O–H groups in total. The summed E-state index contributed by atoms with van der Waals surface area (Å²) in [5.41, 5.74) is 1.63. The van der Waals surface area contributed by atoms with Crippen LogP contribution in [0.5, 0.6) is 5.75 Å². The molecule has 28 heavy (non-hydrogen) atoms. The van der Waals surface area contributed by atoms with Gasteiger partial charge in [-0.15, -0.1) is 0 Å². The first-order valence-electron chi connectivity index (χ1n) is 10.5. The van der Waals surface area contributed by atoms with Gasteiger partial charge in [-0.2, -0.15) is 0 Å². The number of benzene rings is 1. The van der Waals surface area contributed by atoms with E-state index in [-0.39, 0.29) is 18.2 Å². The highest BCUT2D eigenvalue weighted by atomic mass is 19.1. The Balaban J connectivity index is 1.34. The lowest BCUT2D eigenvalue weighted by Gasteiger charge is -2.36. The highest BCUT2D eigenvalue weighted by molar-refractivity contribution is 5.63. The van der Waals surface area contributed by atoms with Crippen molar-refractivity contribution in [2.45, 2.75) is 57.2 Å². The molecule has 0 unspecified atom stereocenters. The molecule has 2 heterocycles. The molecule has 1 aromatic carbocycles. The second-order valence-corrected chi connectivity index (χ2v) is 7.95. The van der Waals surface area contributed by atoms with Gasteiger partial charge in [0.1, 0.15) is 18.5 Å². The molecule has 1 aromatic heterocycles. The van der Waals surface area contributed by atoms with E-state index in [0.29, 0.717) is 0 Å². The van der Waals surface area contributed by atoms with Gasteiger partial charge in [-0.1, -0.05) is 25.0 Å². The van der Waals surface area contributed by atoms with Crippen molar-refractivity contribution in [1.82, 2.24) is 9.47 Å². The van der Waals surface area contributed by atoms with Crippen LogP contribution < -0.4 is 10.3 Å². The summed E-state index contributed by atoms with van der Waals surface area (Å²) in [7, 11) is 0. The summed E-state index contributed by atoms with van der Waals surface area (Å²) in [5, 5.41) is 0. The van der Waals surface area contributed by atoms with E-state index in [2.05, 4.69) is 4.90 Å². The summed E-state index contributed by atoms with van der Waals surface area (Å²) in [4.78, 5) is 14.7. The van der Waals surface area contributed by atoms with E-state index < -0.39 is 6.67 Å². The van der Waals surface area contributed by atoms with E-state index in [1.165, 1.54) is 30.3 Å². The van der Waals surface area contributed by atoms with Crippen molar-refractivity contribution >= 4 is 0 Å². The molecule has 2 fully saturated rings. The second kappa shape index (κ2) is 8.91. The number of hydrogen-bond donors (Lipinski definition) is 0.